The highest BCUT2D eigenvalue weighted by molar-refractivity contribution is 6.07. The average Bonchev–Trinajstić information content (AvgIpc) is 3.58. The Kier molecular flexibility index (Phi) is 6.90. The van der Waals surface area contributed by atoms with E-state index in [0.717, 1.165) is 43.7 Å². The topological polar surface area (TPSA) is 96.5 Å². The number of nitrogens with one attached hydrogen (secondary N) is 1. The van der Waals surface area contributed by atoms with Gasteiger partial charge in [-0.15, -0.1) is 0 Å². The molecule has 38 heavy (non-hydrogen) atoms. The second-order valence-corrected chi connectivity index (χ2v) is 10.4. The minimum Gasteiger partial charge on any atom is -0.306 e. The van der Waals surface area contributed by atoms with Gasteiger partial charge in [0.25, 0.3) is 5.91 Å². The molecule has 2 saturated heterocycles. The van der Waals surface area contributed by atoms with Gasteiger partial charge in [-0.1, -0.05) is 13.0 Å². The van der Waals surface area contributed by atoms with Crippen molar-refractivity contribution in [2.24, 2.45) is 0 Å². The zero-order valence-corrected chi connectivity index (χ0v) is 22.1. The van der Waals surface area contributed by atoms with E-state index in [2.05, 4.69) is 37.1 Å². The number of nitrogens with zero attached hydrogens (tertiary/aromatic N) is 8. The number of hydrogen-bond donors (Lipinski definition) is 1. The van der Waals surface area contributed by atoms with Gasteiger partial charge < -0.3 is 15.1 Å². The first kappa shape index (κ1) is 24.7. The Hall–Kier alpha value is -3.63. The zero-order chi connectivity index (χ0) is 26.1. The van der Waals surface area contributed by atoms with E-state index in [9.17, 15) is 4.79 Å². The molecule has 0 unspecified atom stereocenters. The van der Waals surface area contributed by atoms with Gasteiger partial charge >= 0.3 is 0 Å². The fourth-order valence-corrected chi connectivity index (χ4v) is 5.78. The number of anilines is 1. The number of amides is 1. The number of aromatic nitrogens is 6. The molecule has 2 aliphatic heterocycles. The summed E-state index contributed by atoms with van der Waals surface area (Å²) in [7, 11) is 0. The summed E-state index contributed by atoms with van der Waals surface area (Å²) in [6, 6.07) is 8.43. The van der Waals surface area contributed by atoms with Crippen molar-refractivity contribution in [2.75, 3.05) is 38.0 Å². The van der Waals surface area contributed by atoms with Crippen LogP contribution in [0.4, 0.5) is 5.82 Å². The molecule has 198 valence electrons. The van der Waals surface area contributed by atoms with Crippen LogP contribution in [0, 0.1) is 6.92 Å². The molecule has 0 aromatic carbocycles. The molecule has 0 radical (unpaired) electrons. The Morgan fingerprint density at radius 2 is 1.87 bits per heavy atom. The number of aryl methyl sites for hydroxylation is 1. The van der Waals surface area contributed by atoms with Gasteiger partial charge in [0.05, 0.1) is 11.9 Å². The van der Waals surface area contributed by atoms with Crippen molar-refractivity contribution in [3.05, 3.63) is 65.9 Å². The molecular formula is C28H35N9O. The summed E-state index contributed by atoms with van der Waals surface area (Å²) in [5.74, 6) is 1.36. The molecule has 1 N–H and O–H groups in total. The van der Waals surface area contributed by atoms with Crippen molar-refractivity contribution in [2.45, 2.75) is 51.5 Å². The zero-order valence-electron chi connectivity index (χ0n) is 22.1. The fraction of sp³-hybridized carbons (Fsp3) is 0.464. The van der Waals surface area contributed by atoms with Gasteiger partial charge in [0.2, 0.25) is 0 Å². The number of rotatable bonds is 6. The standard InChI is InChI=1S/C28H35N9O/c1-3-34-13-9-22(10-14-34)35-15-7-21(8-16-35)24-17-26(37(33-24)25-6-5-20(2)18-30-25)32-28(38)23-19-31-36-12-4-11-29-27(23)36/h4-6,11-12,17-19,21-22H,3,7-10,13-16H2,1-2H3,(H,32,38). The van der Waals surface area contributed by atoms with Crippen LogP contribution in [-0.2, 0) is 0 Å². The molecule has 10 nitrogen and oxygen atoms in total. The van der Waals surface area contributed by atoms with E-state index >= 15 is 0 Å². The molecule has 0 spiro atoms. The molecule has 0 atom stereocenters. The van der Waals surface area contributed by atoms with Gasteiger partial charge in [-0.2, -0.15) is 14.9 Å². The van der Waals surface area contributed by atoms with E-state index in [4.69, 9.17) is 5.10 Å². The highest BCUT2D eigenvalue weighted by Crippen LogP contribution is 2.32. The molecule has 2 fully saturated rings. The third kappa shape index (κ3) is 4.93. The second-order valence-electron chi connectivity index (χ2n) is 10.4. The van der Waals surface area contributed by atoms with Crippen molar-refractivity contribution in [3.8, 4) is 5.82 Å². The van der Waals surface area contributed by atoms with E-state index < -0.39 is 0 Å². The number of likely N-dealkylation sites (tertiary alicyclic amines) is 2. The van der Waals surface area contributed by atoms with Gasteiger partial charge in [0, 0.05) is 36.6 Å². The van der Waals surface area contributed by atoms with Crippen LogP contribution in [0.15, 0.2) is 49.1 Å². The Bertz CT molecular complexity index is 1390. The quantitative estimate of drug-likeness (QED) is 0.421. The summed E-state index contributed by atoms with van der Waals surface area (Å²) < 4.78 is 3.34. The maximum Gasteiger partial charge on any atom is 0.262 e. The van der Waals surface area contributed by atoms with Gasteiger partial charge in [-0.3, -0.25) is 4.79 Å². The van der Waals surface area contributed by atoms with E-state index in [-0.39, 0.29) is 5.91 Å². The summed E-state index contributed by atoms with van der Waals surface area (Å²) in [5.41, 5.74) is 3.00. The molecule has 0 bridgehead atoms. The van der Waals surface area contributed by atoms with Crippen molar-refractivity contribution >= 4 is 17.4 Å². The van der Waals surface area contributed by atoms with E-state index in [1.165, 1.54) is 25.9 Å². The van der Waals surface area contributed by atoms with Crippen LogP contribution in [0.3, 0.4) is 0 Å². The van der Waals surface area contributed by atoms with Gasteiger partial charge in [0.15, 0.2) is 11.5 Å². The molecule has 1 amide bonds. The highest BCUT2D eigenvalue weighted by atomic mass is 16.1. The lowest BCUT2D eigenvalue weighted by Crippen LogP contribution is -2.47. The van der Waals surface area contributed by atoms with Crippen molar-refractivity contribution in [1.82, 2.24) is 39.2 Å². The predicted molar refractivity (Wildman–Crippen MR) is 146 cm³/mol. The largest absolute Gasteiger partial charge is 0.306 e. The number of pyridine rings is 1. The number of piperidine rings is 2. The van der Waals surface area contributed by atoms with Crippen LogP contribution < -0.4 is 5.32 Å². The lowest BCUT2D eigenvalue weighted by atomic mass is 9.91. The first-order valence-corrected chi connectivity index (χ1v) is 13.7. The van der Waals surface area contributed by atoms with E-state index in [1.807, 2.05) is 31.3 Å². The Balaban J connectivity index is 1.21. The molecule has 4 aromatic rings. The van der Waals surface area contributed by atoms with Crippen molar-refractivity contribution < 1.29 is 4.79 Å². The monoisotopic (exact) mass is 513 g/mol. The average molecular weight is 514 g/mol. The van der Waals surface area contributed by atoms with Gasteiger partial charge in [-0.05, 0) is 83.0 Å². The number of hydrogen-bond acceptors (Lipinski definition) is 7. The maximum atomic E-state index is 13.3. The smallest absolute Gasteiger partial charge is 0.262 e. The molecule has 4 aromatic heterocycles. The SMILES string of the molecule is CCN1CCC(N2CCC(c3cc(NC(=O)c4cnn5cccnc45)n(-c4ccc(C)cn4)n3)CC2)CC1. The van der Waals surface area contributed by atoms with Crippen LogP contribution in [0.2, 0.25) is 0 Å². The van der Waals surface area contributed by atoms with Crippen LogP contribution in [-0.4, -0.2) is 83.8 Å². The van der Waals surface area contributed by atoms with Crippen LogP contribution in [0.1, 0.15) is 60.1 Å². The third-order valence-electron chi connectivity index (χ3n) is 8.08. The van der Waals surface area contributed by atoms with Gasteiger partial charge in [0.1, 0.15) is 11.4 Å². The Morgan fingerprint density at radius 3 is 2.61 bits per heavy atom. The lowest BCUT2D eigenvalue weighted by Gasteiger charge is -2.41. The van der Waals surface area contributed by atoms with E-state index in [0.29, 0.717) is 34.8 Å². The first-order valence-electron chi connectivity index (χ1n) is 13.7. The van der Waals surface area contributed by atoms with Crippen molar-refractivity contribution in [1.29, 1.82) is 0 Å². The molecule has 6 rings (SSSR count). The van der Waals surface area contributed by atoms with Gasteiger partial charge in [-0.25, -0.2) is 14.5 Å². The molecule has 0 saturated carbocycles. The number of fused-ring (bicyclic) bond motifs is 1. The number of carbonyl (C=O) groups is 1. The third-order valence-corrected chi connectivity index (χ3v) is 8.08. The lowest BCUT2D eigenvalue weighted by molar-refractivity contribution is 0.0890. The second kappa shape index (κ2) is 10.6. The summed E-state index contributed by atoms with van der Waals surface area (Å²) in [4.78, 5) is 27.4. The van der Waals surface area contributed by atoms with Crippen LogP contribution >= 0.6 is 0 Å². The minimum atomic E-state index is -0.272. The first-order chi connectivity index (χ1) is 18.6. The summed E-state index contributed by atoms with van der Waals surface area (Å²) in [6.45, 7) is 10.0. The fourth-order valence-electron chi connectivity index (χ4n) is 5.78. The van der Waals surface area contributed by atoms with E-state index in [1.54, 1.807) is 33.9 Å². The molecule has 0 aliphatic carbocycles. The molecule has 2 aliphatic rings. The van der Waals surface area contributed by atoms with Crippen LogP contribution in [0.25, 0.3) is 11.5 Å². The Morgan fingerprint density at radius 1 is 1.05 bits per heavy atom. The normalized spacial score (nSPS) is 18.3. The predicted octanol–water partition coefficient (Wildman–Crippen LogP) is 3.53. The summed E-state index contributed by atoms with van der Waals surface area (Å²) in [6.07, 6.45) is 11.5. The highest BCUT2D eigenvalue weighted by Gasteiger charge is 2.30. The molecule has 10 heteroatoms. The van der Waals surface area contributed by atoms with Crippen molar-refractivity contribution in [3.63, 3.8) is 0 Å². The summed E-state index contributed by atoms with van der Waals surface area (Å²) in [5, 5.41) is 12.3. The summed E-state index contributed by atoms with van der Waals surface area (Å²) >= 11 is 0. The maximum absolute atomic E-state index is 13.3. The van der Waals surface area contributed by atoms with Crippen LogP contribution in [0.5, 0.6) is 0 Å². The molecule has 6 heterocycles. The number of carbonyl (C=O) groups excluding carboxylic acids is 1. The Labute approximate surface area is 222 Å². The minimum absolute atomic E-state index is 0.272. The molecular weight excluding hydrogens is 478 g/mol.